The molecular weight excluding hydrogens is 293 g/mol. The van der Waals surface area contributed by atoms with Gasteiger partial charge in [0, 0.05) is 0 Å². The van der Waals surface area contributed by atoms with Crippen LogP contribution in [0.15, 0.2) is 46.4 Å². The maximum atomic E-state index is 13.6. The fourth-order valence-electron chi connectivity index (χ4n) is 1.85. The lowest BCUT2D eigenvalue weighted by Gasteiger charge is -2.01. The lowest BCUT2D eigenvalue weighted by molar-refractivity contribution is -0.129. The van der Waals surface area contributed by atoms with Crippen molar-refractivity contribution in [2.45, 2.75) is 0 Å². The zero-order chi connectivity index (χ0) is 14.8. The zero-order valence-electron chi connectivity index (χ0n) is 11.0. The summed E-state index contributed by atoms with van der Waals surface area (Å²) < 4.78 is 23.6. The second-order valence-electron chi connectivity index (χ2n) is 4.21. The third-order valence-electron chi connectivity index (χ3n) is 2.83. The average Bonchev–Trinajstić information content (AvgIpc) is 3.10. The fraction of sp³-hybridized carbons (Fsp3) is 0.0667. The third-order valence-corrected chi connectivity index (χ3v) is 3.69. The van der Waals surface area contributed by atoms with E-state index < -0.39 is 11.8 Å². The Kier molecular flexibility index (Phi) is 3.53. The molecule has 106 valence electrons. The number of rotatable bonds is 3. The molecule has 1 aliphatic rings. The van der Waals surface area contributed by atoms with E-state index in [0.717, 1.165) is 4.88 Å². The number of nitrogens with zero attached hydrogens (tertiary/aromatic N) is 1. The van der Waals surface area contributed by atoms with Crippen molar-refractivity contribution >= 4 is 29.3 Å². The maximum Gasteiger partial charge on any atom is 0.363 e. The molecule has 0 saturated heterocycles. The van der Waals surface area contributed by atoms with Crippen LogP contribution in [0.2, 0.25) is 0 Å². The second-order valence-corrected chi connectivity index (χ2v) is 5.16. The first-order valence-corrected chi connectivity index (χ1v) is 6.95. The van der Waals surface area contributed by atoms with Crippen molar-refractivity contribution in [3.8, 4) is 5.75 Å². The topological polar surface area (TPSA) is 47.9 Å². The lowest BCUT2D eigenvalue weighted by Crippen LogP contribution is -2.03. The molecule has 0 amide bonds. The predicted octanol–water partition coefficient (Wildman–Crippen LogP) is 3.24. The number of hydrogen-bond donors (Lipinski definition) is 0. The molecule has 21 heavy (non-hydrogen) atoms. The van der Waals surface area contributed by atoms with Gasteiger partial charge in [-0.3, -0.25) is 0 Å². The Morgan fingerprint density at radius 2 is 2.24 bits per heavy atom. The summed E-state index contributed by atoms with van der Waals surface area (Å²) in [6.45, 7) is 0. The summed E-state index contributed by atoms with van der Waals surface area (Å²) in [5.74, 6) is -0.626. The number of carbonyl (C=O) groups is 1. The number of aliphatic imine (C=N–C) groups is 1. The van der Waals surface area contributed by atoms with Gasteiger partial charge in [0.25, 0.3) is 0 Å². The zero-order valence-corrected chi connectivity index (χ0v) is 11.8. The first-order chi connectivity index (χ1) is 10.2. The Morgan fingerprint density at radius 1 is 1.38 bits per heavy atom. The maximum absolute atomic E-state index is 13.6. The van der Waals surface area contributed by atoms with Crippen molar-refractivity contribution in [3.05, 3.63) is 57.7 Å². The van der Waals surface area contributed by atoms with E-state index >= 15 is 0 Å². The summed E-state index contributed by atoms with van der Waals surface area (Å²) in [6, 6.07) is 8.06. The molecule has 0 atom stereocenters. The number of ether oxygens (including phenoxy) is 2. The number of benzene rings is 1. The smallest absolute Gasteiger partial charge is 0.363 e. The van der Waals surface area contributed by atoms with E-state index in [-0.39, 0.29) is 17.3 Å². The lowest BCUT2D eigenvalue weighted by atomic mass is 10.2. The summed E-state index contributed by atoms with van der Waals surface area (Å²) >= 11 is 1.43. The number of hydrogen-bond acceptors (Lipinski definition) is 5. The minimum atomic E-state index is -0.547. The summed E-state index contributed by atoms with van der Waals surface area (Å²) in [7, 11) is 1.39. The van der Waals surface area contributed by atoms with Crippen LogP contribution in [-0.4, -0.2) is 19.0 Å². The van der Waals surface area contributed by atoms with Crippen LogP contribution in [0, 0.1) is 5.82 Å². The van der Waals surface area contributed by atoms with Gasteiger partial charge in [-0.2, -0.15) is 0 Å². The molecule has 0 aliphatic carbocycles. The SMILES string of the molecule is COc1ccc(/C=C2\N=C(c3cccs3)OC2=O)cc1F. The van der Waals surface area contributed by atoms with E-state index in [1.54, 1.807) is 6.07 Å². The van der Waals surface area contributed by atoms with Crippen LogP contribution in [0.1, 0.15) is 10.4 Å². The number of halogens is 1. The summed E-state index contributed by atoms with van der Waals surface area (Å²) in [6.07, 6.45) is 1.48. The van der Waals surface area contributed by atoms with Gasteiger partial charge in [0.2, 0.25) is 5.90 Å². The standard InChI is InChI=1S/C15H10FNO3S/c1-19-12-5-4-9(7-10(12)16)8-11-15(18)20-14(17-11)13-3-2-6-21-13/h2-8H,1H3/b11-8-. The van der Waals surface area contributed by atoms with Crippen LogP contribution in [0.5, 0.6) is 5.75 Å². The van der Waals surface area contributed by atoms with Crippen LogP contribution in [0.25, 0.3) is 6.08 Å². The number of esters is 1. The Hall–Kier alpha value is -2.47. The molecule has 0 N–H and O–H groups in total. The molecule has 0 radical (unpaired) electrons. The van der Waals surface area contributed by atoms with Crippen molar-refractivity contribution in [1.82, 2.24) is 0 Å². The van der Waals surface area contributed by atoms with Gasteiger partial charge in [-0.25, -0.2) is 14.2 Å². The van der Waals surface area contributed by atoms with Gasteiger partial charge in [-0.1, -0.05) is 12.1 Å². The number of methoxy groups -OCH3 is 1. The Balaban J connectivity index is 1.92. The molecular formula is C15H10FNO3S. The number of cyclic esters (lactones) is 1. The molecule has 2 aromatic rings. The highest BCUT2D eigenvalue weighted by atomic mass is 32.1. The monoisotopic (exact) mass is 303 g/mol. The molecule has 2 heterocycles. The normalized spacial score (nSPS) is 16.0. The van der Waals surface area contributed by atoms with E-state index in [1.165, 1.54) is 36.7 Å². The first kappa shape index (κ1) is 13.5. The summed E-state index contributed by atoms with van der Waals surface area (Å²) in [4.78, 5) is 16.7. The minimum Gasteiger partial charge on any atom is -0.494 e. The fourth-order valence-corrected chi connectivity index (χ4v) is 2.49. The Morgan fingerprint density at radius 3 is 2.90 bits per heavy atom. The number of thiophene rings is 1. The van der Waals surface area contributed by atoms with Crippen LogP contribution in [0.3, 0.4) is 0 Å². The molecule has 1 aliphatic heterocycles. The van der Waals surface area contributed by atoms with Crippen molar-refractivity contribution in [3.63, 3.8) is 0 Å². The highest BCUT2D eigenvalue weighted by Crippen LogP contribution is 2.23. The molecule has 1 aromatic heterocycles. The quantitative estimate of drug-likeness (QED) is 0.646. The van der Waals surface area contributed by atoms with E-state index in [1.807, 2.05) is 17.5 Å². The molecule has 0 spiro atoms. The Bertz CT molecular complexity index is 750. The molecule has 6 heteroatoms. The highest BCUT2D eigenvalue weighted by Gasteiger charge is 2.24. The largest absolute Gasteiger partial charge is 0.494 e. The molecule has 1 aromatic carbocycles. The average molecular weight is 303 g/mol. The van der Waals surface area contributed by atoms with Crippen molar-refractivity contribution in [1.29, 1.82) is 0 Å². The molecule has 3 rings (SSSR count). The van der Waals surface area contributed by atoms with Gasteiger partial charge in [-0.05, 0) is 35.2 Å². The van der Waals surface area contributed by atoms with Crippen LogP contribution < -0.4 is 4.74 Å². The van der Waals surface area contributed by atoms with E-state index in [4.69, 9.17) is 9.47 Å². The molecule has 0 bridgehead atoms. The van der Waals surface area contributed by atoms with Crippen LogP contribution >= 0.6 is 11.3 Å². The first-order valence-electron chi connectivity index (χ1n) is 6.07. The van der Waals surface area contributed by atoms with Crippen molar-refractivity contribution < 1.29 is 18.7 Å². The summed E-state index contributed by atoms with van der Waals surface area (Å²) in [5, 5.41) is 1.87. The summed E-state index contributed by atoms with van der Waals surface area (Å²) in [5.41, 5.74) is 0.652. The van der Waals surface area contributed by atoms with Gasteiger partial charge in [0.1, 0.15) is 0 Å². The Labute approximate surface area is 124 Å². The molecule has 0 unspecified atom stereocenters. The van der Waals surface area contributed by atoms with Crippen molar-refractivity contribution in [2.75, 3.05) is 7.11 Å². The van der Waals surface area contributed by atoms with Gasteiger partial charge in [0.15, 0.2) is 17.3 Å². The van der Waals surface area contributed by atoms with Gasteiger partial charge in [-0.15, -0.1) is 11.3 Å². The molecule has 0 fully saturated rings. The van der Waals surface area contributed by atoms with Gasteiger partial charge >= 0.3 is 5.97 Å². The van der Waals surface area contributed by atoms with E-state index in [0.29, 0.717) is 5.56 Å². The van der Waals surface area contributed by atoms with E-state index in [9.17, 15) is 9.18 Å². The van der Waals surface area contributed by atoms with Gasteiger partial charge < -0.3 is 9.47 Å². The van der Waals surface area contributed by atoms with Crippen molar-refractivity contribution in [2.24, 2.45) is 4.99 Å². The highest BCUT2D eigenvalue weighted by molar-refractivity contribution is 7.12. The predicted molar refractivity (Wildman–Crippen MR) is 77.9 cm³/mol. The second kappa shape index (κ2) is 5.49. The number of carbonyl (C=O) groups excluding carboxylic acids is 1. The molecule has 4 nitrogen and oxygen atoms in total. The van der Waals surface area contributed by atoms with E-state index in [2.05, 4.69) is 4.99 Å². The minimum absolute atomic E-state index is 0.142. The van der Waals surface area contributed by atoms with Gasteiger partial charge in [0.05, 0.1) is 12.0 Å². The molecule has 0 saturated carbocycles. The van der Waals surface area contributed by atoms with Crippen LogP contribution in [0.4, 0.5) is 4.39 Å². The third kappa shape index (κ3) is 2.71. The van der Waals surface area contributed by atoms with Crippen LogP contribution in [-0.2, 0) is 9.53 Å².